The van der Waals surface area contributed by atoms with Crippen LogP contribution in [0.1, 0.15) is 44.9 Å². The van der Waals surface area contributed by atoms with Crippen LogP contribution in [0.3, 0.4) is 0 Å². The van der Waals surface area contributed by atoms with Gasteiger partial charge in [0.15, 0.2) is 11.6 Å². The Kier molecular flexibility index (Phi) is 4.28. The molecule has 1 amide bonds. The Bertz CT molecular complexity index is 867. The maximum atomic E-state index is 13.2. The lowest BCUT2D eigenvalue weighted by Gasteiger charge is -2.57. The van der Waals surface area contributed by atoms with Crippen LogP contribution in [0.5, 0.6) is 0 Å². The van der Waals surface area contributed by atoms with Gasteiger partial charge in [-0.1, -0.05) is 0 Å². The Labute approximate surface area is 176 Å². The molecule has 5 aliphatic rings. The van der Waals surface area contributed by atoms with Crippen LogP contribution in [0.25, 0.3) is 5.82 Å². The molecule has 4 aliphatic carbocycles. The number of hydrogen-bond acceptors (Lipinski definition) is 6. The van der Waals surface area contributed by atoms with Crippen molar-refractivity contribution in [3.63, 3.8) is 0 Å². The van der Waals surface area contributed by atoms with Crippen LogP contribution < -0.4 is 4.90 Å². The molecule has 1 saturated heterocycles. The normalized spacial score (nSPS) is 32.6. The van der Waals surface area contributed by atoms with E-state index in [0.29, 0.717) is 17.1 Å². The summed E-state index contributed by atoms with van der Waals surface area (Å²) >= 11 is 0. The molecule has 30 heavy (non-hydrogen) atoms. The predicted octanol–water partition coefficient (Wildman–Crippen LogP) is 2.31. The van der Waals surface area contributed by atoms with Crippen molar-refractivity contribution in [3.05, 3.63) is 24.8 Å². The minimum absolute atomic E-state index is 0.325. The van der Waals surface area contributed by atoms with Crippen LogP contribution in [0, 0.1) is 23.2 Å². The zero-order valence-electron chi connectivity index (χ0n) is 17.4. The Morgan fingerprint density at radius 3 is 2.13 bits per heavy atom. The molecule has 0 aromatic carbocycles. The molecule has 0 radical (unpaired) electrons. The summed E-state index contributed by atoms with van der Waals surface area (Å²) in [6, 6.07) is 3.87. The molecule has 0 atom stereocenters. The van der Waals surface area contributed by atoms with Gasteiger partial charge in [-0.2, -0.15) is 5.10 Å². The van der Waals surface area contributed by atoms with Crippen molar-refractivity contribution in [3.8, 4) is 5.82 Å². The van der Waals surface area contributed by atoms with E-state index in [9.17, 15) is 4.79 Å². The fourth-order valence-electron chi connectivity index (χ4n) is 7.06. The molecular weight excluding hydrogens is 378 g/mol. The minimum atomic E-state index is 0.325. The summed E-state index contributed by atoms with van der Waals surface area (Å²) in [6.07, 6.45) is 12.1. The molecule has 158 valence electrons. The van der Waals surface area contributed by atoms with Crippen molar-refractivity contribution in [2.24, 2.45) is 23.2 Å². The van der Waals surface area contributed by atoms with Crippen molar-refractivity contribution < 1.29 is 4.79 Å². The van der Waals surface area contributed by atoms with Crippen LogP contribution in [0.4, 0.5) is 5.82 Å². The number of rotatable bonds is 4. The summed E-state index contributed by atoms with van der Waals surface area (Å²) in [6.45, 7) is 3.17. The Hall–Kier alpha value is -2.51. The van der Waals surface area contributed by atoms with Crippen LogP contribution >= 0.6 is 0 Å². The number of carbonyl (C=O) groups excluding carboxylic acids is 1. The average Bonchev–Trinajstić information content (AvgIpc) is 3.28. The van der Waals surface area contributed by atoms with E-state index in [0.717, 1.165) is 56.2 Å². The Balaban J connectivity index is 1.06. The number of nitrogens with zero attached hydrogens (tertiary/aromatic N) is 7. The maximum Gasteiger partial charge on any atom is 0.223 e. The lowest BCUT2D eigenvalue weighted by atomic mass is 9.49. The minimum Gasteiger partial charge on any atom is -0.352 e. The number of piperazine rings is 1. The zero-order valence-corrected chi connectivity index (χ0v) is 17.4. The zero-order chi connectivity index (χ0) is 20.1. The van der Waals surface area contributed by atoms with Gasteiger partial charge in [0.25, 0.3) is 0 Å². The van der Waals surface area contributed by atoms with Gasteiger partial charge in [0, 0.05) is 32.6 Å². The molecule has 5 fully saturated rings. The molecule has 2 aromatic rings. The third kappa shape index (κ3) is 3.26. The first-order valence-corrected chi connectivity index (χ1v) is 11.4. The highest BCUT2D eigenvalue weighted by atomic mass is 16.2. The predicted molar refractivity (Wildman–Crippen MR) is 111 cm³/mol. The van der Waals surface area contributed by atoms with Crippen molar-refractivity contribution in [2.75, 3.05) is 31.1 Å². The van der Waals surface area contributed by atoms with Gasteiger partial charge in [-0.15, -0.1) is 10.2 Å². The van der Waals surface area contributed by atoms with E-state index in [4.69, 9.17) is 0 Å². The lowest BCUT2D eigenvalue weighted by molar-refractivity contribution is -0.139. The second kappa shape index (κ2) is 7.03. The van der Waals surface area contributed by atoms with E-state index in [1.165, 1.54) is 44.9 Å². The van der Waals surface area contributed by atoms with Gasteiger partial charge >= 0.3 is 0 Å². The Morgan fingerprint density at radius 1 is 0.933 bits per heavy atom. The first kappa shape index (κ1) is 18.3. The highest BCUT2D eigenvalue weighted by molar-refractivity contribution is 5.77. The fraction of sp³-hybridized carbons (Fsp3) is 0.682. The Morgan fingerprint density at radius 2 is 1.57 bits per heavy atom. The van der Waals surface area contributed by atoms with Gasteiger partial charge in [-0.25, -0.2) is 9.67 Å². The first-order chi connectivity index (χ1) is 14.7. The van der Waals surface area contributed by atoms with Gasteiger partial charge in [0.1, 0.15) is 12.7 Å². The molecule has 8 nitrogen and oxygen atoms in total. The number of anilines is 1. The summed E-state index contributed by atoms with van der Waals surface area (Å²) in [5.41, 5.74) is 0.325. The van der Waals surface area contributed by atoms with Crippen molar-refractivity contribution in [1.82, 2.24) is 29.9 Å². The van der Waals surface area contributed by atoms with Gasteiger partial charge in [-0.3, -0.25) is 4.79 Å². The molecular formula is C22H29N7O. The van der Waals surface area contributed by atoms with Crippen LogP contribution in [0.2, 0.25) is 0 Å². The fourth-order valence-corrected chi connectivity index (χ4v) is 7.06. The van der Waals surface area contributed by atoms with Crippen molar-refractivity contribution >= 4 is 11.7 Å². The van der Waals surface area contributed by atoms with Gasteiger partial charge in [0.05, 0.1) is 0 Å². The molecule has 0 unspecified atom stereocenters. The van der Waals surface area contributed by atoms with Crippen LogP contribution in [-0.2, 0) is 4.79 Å². The molecule has 7 rings (SSSR count). The summed E-state index contributed by atoms with van der Waals surface area (Å²) in [5.74, 6) is 4.59. The average molecular weight is 408 g/mol. The van der Waals surface area contributed by atoms with E-state index in [1.54, 1.807) is 11.0 Å². The third-order valence-corrected chi connectivity index (χ3v) is 7.94. The molecule has 4 saturated carbocycles. The number of carbonyl (C=O) groups is 1. The molecule has 8 heteroatoms. The van der Waals surface area contributed by atoms with Crippen molar-refractivity contribution in [2.45, 2.75) is 44.9 Å². The monoisotopic (exact) mass is 407 g/mol. The molecule has 1 aliphatic heterocycles. The third-order valence-electron chi connectivity index (χ3n) is 7.94. The second-order valence-electron chi connectivity index (χ2n) is 10.1. The number of aromatic nitrogens is 5. The van der Waals surface area contributed by atoms with Gasteiger partial charge in [-0.05, 0) is 73.8 Å². The molecule has 4 bridgehead atoms. The summed E-state index contributed by atoms with van der Waals surface area (Å²) < 4.78 is 1.60. The van der Waals surface area contributed by atoms with E-state index in [-0.39, 0.29) is 0 Å². The molecule has 2 aromatic heterocycles. The highest BCUT2D eigenvalue weighted by Crippen LogP contribution is 2.61. The molecule has 0 spiro atoms. The summed E-state index contributed by atoms with van der Waals surface area (Å²) in [5, 5.41) is 12.7. The SMILES string of the molecule is O=C(CC12CC3CC(CC(C3)C1)C2)N1CCN(c2ccc(-n3cncn3)nn2)CC1. The van der Waals surface area contributed by atoms with E-state index >= 15 is 0 Å². The topological polar surface area (TPSA) is 80.0 Å². The van der Waals surface area contributed by atoms with E-state index < -0.39 is 0 Å². The summed E-state index contributed by atoms with van der Waals surface area (Å²) in [4.78, 5) is 21.4. The standard InChI is InChI=1S/C22H29N7O/c30-21(13-22-10-16-7-17(11-22)9-18(8-16)12-22)28-5-3-27(4-6-28)19-1-2-20(26-25-19)29-15-23-14-24-29/h1-2,14-18H,3-13H2. The maximum absolute atomic E-state index is 13.2. The van der Waals surface area contributed by atoms with E-state index in [1.807, 2.05) is 12.1 Å². The second-order valence-corrected chi connectivity index (χ2v) is 10.1. The highest BCUT2D eigenvalue weighted by Gasteiger charge is 2.51. The molecule has 3 heterocycles. The van der Waals surface area contributed by atoms with Crippen LogP contribution in [-0.4, -0.2) is 61.9 Å². The van der Waals surface area contributed by atoms with Gasteiger partial charge < -0.3 is 9.80 Å². The lowest BCUT2D eigenvalue weighted by Crippen LogP contribution is -2.52. The van der Waals surface area contributed by atoms with Gasteiger partial charge in [0.2, 0.25) is 5.91 Å². The number of amides is 1. The quantitative estimate of drug-likeness (QED) is 0.774. The smallest absolute Gasteiger partial charge is 0.223 e. The first-order valence-electron chi connectivity index (χ1n) is 11.4. The van der Waals surface area contributed by atoms with E-state index in [2.05, 4.69) is 30.1 Å². The molecule has 0 N–H and O–H groups in total. The number of hydrogen-bond donors (Lipinski definition) is 0. The largest absolute Gasteiger partial charge is 0.352 e. The summed E-state index contributed by atoms with van der Waals surface area (Å²) in [7, 11) is 0. The van der Waals surface area contributed by atoms with Crippen LogP contribution in [0.15, 0.2) is 24.8 Å². The van der Waals surface area contributed by atoms with Crippen molar-refractivity contribution in [1.29, 1.82) is 0 Å².